The van der Waals surface area contributed by atoms with Crippen molar-refractivity contribution in [1.29, 1.82) is 0 Å². The molecule has 11 heteroatoms. The van der Waals surface area contributed by atoms with Gasteiger partial charge in [0.25, 0.3) is 10.0 Å². The molecule has 0 aliphatic carbocycles. The molecule has 0 heterocycles. The summed E-state index contributed by atoms with van der Waals surface area (Å²) in [5, 5.41) is 2.58. The number of benzene rings is 3. The van der Waals surface area contributed by atoms with Gasteiger partial charge in [-0.1, -0.05) is 34.1 Å². The monoisotopic (exact) mass is 631 g/mol. The number of sulfonamides is 1. The van der Waals surface area contributed by atoms with Crippen molar-refractivity contribution in [3.63, 3.8) is 0 Å². The van der Waals surface area contributed by atoms with Crippen molar-refractivity contribution in [3.05, 3.63) is 81.8 Å². The summed E-state index contributed by atoms with van der Waals surface area (Å²) in [5.74, 6) is -0.302. The third-order valence-electron chi connectivity index (χ3n) is 6.40. The van der Waals surface area contributed by atoms with Crippen LogP contribution in [-0.2, 0) is 26.2 Å². The lowest BCUT2D eigenvalue weighted by Crippen LogP contribution is -2.50. The van der Waals surface area contributed by atoms with Crippen molar-refractivity contribution in [1.82, 2.24) is 10.2 Å². The van der Waals surface area contributed by atoms with Crippen molar-refractivity contribution in [2.75, 3.05) is 32.1 Å². The summed E-state index contributed by atoms with van der Waals surface area (Å²) in [4.78, 5) is 27.8. The highest BCUT2D eigenvalue weighted by Gasteiger charge is 2.33. The number of carbonyl (C=O) groups is 2. The number of hydrogen-bond donors (Lipinski definition) is 1. The average molecular weight is 633 g/mol. The highest BCUT2D eigenvalue weighted by atomic mass is 79.9. The first-order valence-electron chi connectivity index (χ1n) is 12.5. The highest BCUT2D eigenvalue weighted by Crippen LogP contribution is 2.33. The number of carbonyl (C=O) groups excluding carboxylic acids is 2. The van der Waals surface area contributed by atoms with Gasteiger partial charge in [0.15, 0.2) is 11.5 Å². The van der Waals surface area contributed by atoms with Crippen LogP contribution in [0.1, 0.15) is 23.6 Å². The zero-order valence-corrected chi connectivity index (χ0v) is 25.8. The predicted molar refractivity (Wildman–Crippen MR) is 158 cm³/mol. The van der Waals surface area contributed by atoms with Crippen LogP contribution in [0, 0.1) is 13.8 Å². The van der Waals surface area contributed by atoms with Crippen LogP contribution < -0.4 is 19.1 Å². The molecule has 2 amide bonds. The molecule has 0 radical (unpaired) electrons. The zero-order chi connectivity index (χ0) is 29.6. The molecular formula is C29H34BrN3O6S. The largest absolute Gasteiger partial charge is 0.493 e. The molecule has 0 fully saturated rings. The number of rotatable bonds is 11. The second kappa shape index (κ2) is 13.2. The number of ether oxygens (including phenoxy) is 2. The summed E-state index contributed by atoms with van der Waals surface area (Å²) >= 11 is 3.40. The summed E-state index contributed by atoms with van der Waals surface area (Å²) in [5.41, 5.74) is 2.78. The van der Waals surface area contributed by atoms with Crippen molar-refractivity contribution in [2.45, 2.75) is 38.3 Å². The molecule has 3 rings (SSSR count). The maximum absolute atomic E-state index is 14.1. The molecule has 3 aromatic rings. The third-order valence-corrected chi connectivity index (χ3v) is 8.69. The number of aryl methyl sites for hydroxylation is 2. The molecule has 0 aliphatic heterocycles. The van der Waals surface area contributed by atoms with Crippen LogP contribution in [-0.4, -0.2) is 59.0 Å². The molecule has 9 nitrogen and oxygen atoms in total. The van der Waals surface area contributed by atoms with Gasteiger partial charge in [0.1, 0.15) is 12.6 Å². The van der Waals surface area contributed by atoms with Gasteiger partial charge < -0.3 is 19.7 Å². The Kier molecular flexibility index (Phi) is 10.2. The topological polar surface area (TPSA) is 105 Å². The van der Waals surface area contributed by atoms with Gasteiger partial charge in [0, 0.05) is 24.1 Å². The summed E-state index contributed by atoms with van der Waals surface area (Å²) in [6.07, 6.45) is 0. The maximum Gasteiger partial charge on any atom is 0.264 e. The fraction of sp³-hybridized carbons (Fsp3) is 0.310. The number of halogens is 1. The van der Waals surface area contributed by atoms with E-state index in [-0.39, 0.29) is 23.1 Å². The fourth-order valence-corrected chi connectivity index (χ4v) is 5.98. The SMILES string of the molecule is CNC(=O)C(C)N(Cc1ccc(Br)cc1)C(=O)CN(c1cc(C)cc(C)c1)S(=O)(=O)c1ccc(OC)c(OC)c1. The Hall–Kier alpha value is -3.57. The van der Waals surface area contributed by atoms with Crippen LogP contribution in [0.3, 0.4) is 0 Å². The van der Waals surface area contributed by atoms with E-state index in [0.717, 1.165) is 25.5 Å². The Labute approximate surface area is 244 Å². The van der Waals surface area contributed by atoms with E-state index in [4.69, 9.17) is 9.47 Å². The molecule has 0 aliphatic rings. The molecule has 1 unspecified atom stereocenters. The number of nitrogens with zero attached hydrogens (tertiary/aromatic N) is 2. The molecule has 1 atom stereocenters. The zero-order valence-electron chi connectivity index (χ0n) is 23.4. The second-order valence-corrected chi connectivity index (χ2v) is 12.1. The van der Waals surface area contributed by atoms with Gasteiger partial charge in [0.2, 0.25) is 11.8 Å². The van der Waals surface area contributed by atoms with Crippen molar-refractivity contribution in [3.8, 4) is 11.5 Å². The van der Waals surface area contributed by atoms with Crippen LogP contribution in [0.5, 0.6) is 11.5 Å². The van der Waals surface area contributed by atoms with Crippen LogP contribution >= 0.6 is 15.9 Å². The van der Waals surface area contributed by atoms with Crippen LogP contribution in [0.4, 0.5) is 5.69 Å². The highest BCUT2D eigenvalue weighted by molar-refractivity contribution is 9.10. The predicted octanol–water partition coefficient (Wildman–Crippen LogP) is 4.44. The number of anilines is 1. The van der Waals surface area contributed by atoms with Gasteiger partial charge >= 0.3 is 0 Å². The first-order valence-corrected chi connectivity index (χ1v) is 14.7. The Bertz CT molecular complexity index is 1460. The molecular weight excluding hydrogens is 598 g/mol. The summed E-state index contributed by atoms with van der Waals surface area (Å²) < 4.78 is 40.8. The van der Waals surface area contributed by atoms with E-state index in [9.17, 15) is 18.0 Å². The van der Waals surface area contributed by atoms with Crippen LogP contribution in [0.2, 0.25) is 0 Å². The normalized spacial score (nSPS) is 11.9. The number of methoxy groups -OCH3 is 2. The van der Waals surface area contributed by atoms with E-state index in [1.165, 1.54) is 44.4 Å². The van der Waals surface area contributed by atoms with Crippen molar-refractivity contribution in [2.24, 2.45) is 0 Å². The van der Waals surface area contributed by atoms with E-state index in [2.05, 4.69) is 21.2 Å². The molecule has 0 spiro atoms. The summed E-state index contributed by atoms with van der Waals surface area (Å²) in [6.45, 7) is 4.90. The van der Waals surface area contributed by atoms with E-state index < -0.39 is 28.5 Å². The molecule has 0 aromatic heterocycles. The van der Waals surface area contributed by atoms with Gasteiger partial charge in [-0.25, -0.2) is 8.42 Å². The molecule has 0 saturated carbocycles. The summed E-state index contributed by atoms with van der Waals surface area (Å²) in [7, 11) is 0.105. The lowest BCUT2D eigenvalue weighted by atomic mass is 10.1. The average Bonchev–Trinajstić information content (AvgIpc) is 2.93. The molecule has 0 bridgehead atoms. The molecule has 3 aromatic carbocycles. The summed E-state index contributed by atoms with van der Waals surface area (Å²) in [6, 6.07) is 16.1. The van der Waals surface area contributed by atoms with Crippen molar-refractivity contribution < 1.29 is 27.5 Å². The minimum Gasteiger partial charge on any atom is -0.493 e. The van der Waals surface area contributed by atoms with Crippen LogP contribution in [0.15, 0.2) is 70.0 Å². The minimum atomic E-state index is -4.26. The number of amides is 2. The smallest absolute Gasteiger partial charge is 0.264 e. The molecule has 40 heavy (non-hydrogen) atoms. The van der Waals surface area contributed by atoms with Gasteiger partial charge in [-0.3, -0.25) is 13.9 Å². The standard InChI is InChI=1S/C29H34BrN3O6S/c1-19-13-20(2)15-24(14-19)33(40(36,37)25-11-12-26(38-5)27(16-25)39-6)18-28(34)32(21(3)29(35)31-4)17-22-7-9-23(30)10-8-22/h7-16,21H,17-18H2,1-6H3,(H,31,35). The first-order chi connectivity index (χ1) is 18.9. The van der Waals surface area contributed by atoms with E-state index in [1.54, 1.807) is 19.1 Å². The molecule has 1 N–H and O–H groups in total. The quantitative estimate of drug-likeness (QED) is 0.335. The second-order valence-electron chi connectivity index (χ2n) is 9.31. The van der Waals surface area contributed by atoms with E-state index >= 15 is 0 Å². The Morgan fingerprint density at radius 2 is 1.52 bits per heavy atom. The van der Waals surface area contributed by atoms with Crippen LogP contribution in [0.25, 0.3) is 0 Å². The number of hydrogen-bond acceptors (Lipinski definition) is 6. The Balaban J connectivity index is 2.10. The first kappa shape index (κ1) is 31.0. The lowest BCUT2D eigenvalue weighted by molar-refractivity contribution is -0.139. The maximum atomic E-state index is 14.1. The number of likely N-dealkylation sites (N-methyl/N-ethyl adjacent to an activating group) is 1. The number of nitrogens with one attached hydrogen (secondary N) is 1. The molecule has 214 valence electrons. The van der Waals surface area contributed by atoms with E-state index in [0.29, 0.717) is 11.4 Å². The fourth-order valence-electron chi connectivity index (χ4n) is 4.31. The van der Waals surface area contributed by atoms with E-state index in [1.807, 2.05) is 44.2 Å². The Morgan fingerprint density at radius 1 is 0.925 bits per heavy atom. The minimum absolute atomic E-state index is 0.0732. The van der Waals surface area contributed by atoms with Gasteiger partial charge in [-0.15, -0.1) is 0 Å². The molecule has 0 saturated heterocycles. The van der Waals surface area contributed by atoms with Gasteiger partial charge in [0.05, 0.1) is 24.8 Å². The van der Waals surface area contributed by atoms with Gasteiger partial charge in [-0.05, 0) is 73.9 Å². The third kappa shape index (κ3) is 7.14. The lowest BCUT2D eigenvalue weighted by Gasteiger charge is -2.32. The Morgan fingerprint density at radius 3 is 2.08 bits per heavy atom. The van der Waals surface area contributed by atoms with Crippen molar-refractivity contribution >= 4 is 43.5 Å². The van der Waals surface area contributed by atoms with Gasteiger partial charge in [-0.2, -0.15) is 0 Å².